The topological polar surface area (TPSA) is 9.86 Å². The number of nitrogens with zero attached hydrogens (tertiary/aromatic N) is 2. The Hall–Kier alpha value is -4.98. The molecule has 0 spiro atoms. The van der Waals surface area contributed by atoms with Gasteiger partial charge >= 0.3 is 12.4 Å². The average molecular weight is 625 g/mol. The van der Waals surface area contributed by atoms with Crippen molar-refractivity contribution in [3.8, 4) is 16.8 Å². The maximum atomic E-state index is 13.4. The zero-order valence-electron chi connectivity index (χ0n) is 24.3. The SMILES string of the molecule is FC(F)(F)c1ccc(-n2c3ccccc3c3cc(-c4ccc5c(c4)c4ccccc4n5C4C=CC(C(F)(F)F)CC4)ccc32)cc1. The van der Waals surface area contributed by atoms with E-state index in [1.54, 1.807) is 6.08 Å². The molecule has 2 nitrogen and oxygen atoms in total. The van der Waals surface area contributed by atoms with Crippen LogP contribution in [-0.2, 0) is 6.18 Å². The molecule has 230 valence electrons. The van der Waals surface area contributed by atoms with E-state index in [9.17, 15) is 26.3 Å². The van der Waals surface area contributed by atoms with Gasteiger partial charge in [-0.25, -0.2) is 0 Å². The van der Waals surface area contributed by atoms with Crippen LogP contribution >= 0.6 is 0 Å². The van der Waals surface area contributed by atoms with E-state index in [1.165, 1.54) is 18.2 Å². The van der Waals surface area contributed by atoms with E-state index in [0.717, 1.165) is 66.9 Å². The van der Waals surface area contributed by atoms with Crippen molar-refractivity contribution >= 4 is 43.6 Å². The summed E-state index contributed by atoms with van der Waals surface area (Å²) in [5.74, 6) is -1.41. The van der Waals surface area contributed by atoms with E-state index in [2.05, 4.69) is 16.7 Å². The summed E-state index contributed by atoms with van der Waals surface area (Å²) in [6.45, 7) is 0. The lowest BCUT2D eigenvalue weighted by Gasteiger charge is -2.26. The maximum absolute atomic E-state index is 13.4. The molecule has 0 radical (unpaired) electrons. The minimum absolute atomic E-state index is 0.0524. The fraction of sp³-hybridized carbons (Fsp3) is 0.158. The Morgan fingerprint density at radius 1 is 0.522 bits per heavy atom. The second-order valence-electron chi connectivity index (χ2n) is 11.9. The highest BCUT2D eigenvalue weighted by molar-refractivity contribution is 6.12. The third-order valence-corrected chi connectivity index (χ3v) is 9.26. The predicted octanol–water partition coefficient (Wildman–Crippen LogP) is 11.6. The zero-order valence-corrected chi connectivity index (χ0v) is 24.3. The Morgan fingerprint density at radius 2 is 1.07 bits per heavy atom. The van der Waals surface area contributed by atoms with Gasteiger partial charge in [0.2, 0.25) is 0 Å². The van der Waals surface area contributed by atoms with Gasteiger partial charge in [0.05, 0.1) is 28.6 Å². The standard InChI is InChI=1S/C38H26F6N2/c39-37(40,41)25-11-15-27(16-12-25)45-33-7-3-1-5-29(33)31-21-23(9-19-35(31)45)24-10-20-36-32(22-24)30-6-2-4-8-34(30)46(36)28-17-13-26(14-18-28)38(42,43)44/h1-13,15-17,19-22,26,28H,14,18H2. The smallest absolute Gasteiger partial charge is 0.333 e. The second-order valence-corrected chi connectivity index (χ2v) is 11.9. The molecule has 0 N–H and O–H groups in total. The van der Waals surface area contributed by atoms with Crippen LogP contribution in [0.1, 0.15) is 24.4 Å². The van der Waals surface area contributed by atoms with Gasteiger partial charge in [-0.05, 0) is 84.6 Å². The molecular weight excluding hydrogens is 598 g/mol. The number of hydrogen-bond acceptors (Lipinski definition) is 0. The number of halogens is 6. The summed E-state index contributed by atoms with van der Waals surface area (Å²) in [6, 6.07) is 33.2. The summed E-state index contributed by atoms with van der Waals surface area (Å²) in [4.78, 5) is 0. The number of rotatable bonds is 3. The molecule has 0 saturated heterocycles. The quantitative estimate of drug-likeness (QED) is 0.137. The fourth-order valence-electron chi connectivity index (χ4n) is 7.06. The van der Waals surface area contributed by atoms with Gasteiger partial charge in [0.25, 0.3) is 0 Å². The van der Waals surface area contributed by atoms with E-state index in [1.807, 2.05) is 77.4 Å². The first kappa shape index (κ1) is 28.5. The van der Waals surface area contributed by atoms with E-state index < -0.39 is 23.8 Å². The minimum atomic E-state index is -4.41. The summed E-state index contributed by atoms with van der Waals surface area (Å²) in [7, 11) is 0. The van der Waals surface area contributed by atoms with Crippen molar-refractivity contribution in [3.63, 3.8) is 0 Å². The highest BCUT2D eigenvalue weighted by Gasteiger charge is 2.39. The van der Waals surface area contributed by atoms with Crippen molar-refractivity contribution in [3.05, 3.63) is 127 Å². The van der Waals surface area contributed by atoms with E-state index in [-0.39, 0.29) is 12.5 Å². The predicted molar refractivity (Wildman–Crippen MR) is 171 cm³/mol. The van der Waals surface area contributed by atoms with Crippen LogP contribution in [-0.4, -0.2) is 15.3 Å². The summed E-state index contributed by atoms with van der Waals surface area (Å²) in [5.41, 5.74) is 5.62. The van der Waals surface area contributed by atoms with Crippen molar-refractivity contribution in [2.75, 3.05) is 0 Å². The summed E-state index contributed by atoms with van der Waals surface area (Å²) in [6.07, 6.45) is -5.19. The van der Waals surface area contributed by atoms with Gasteiger partial charge in [0, 0.05) is 38.3 Å². The third-order valence-electron chi connectivity index (χ3n) is 9.26. The summed E-state index contributed by atoms with van der Waals surface area (Å²) >= 11 is 0. The molecule has 2 aromatic heterocycles. The number of fused-ring (bicyclic) bond motifs is 6. The number of hydrogen-bond donors (Lipinski definition) is 0. The second kappa shape index (κ2) is 10.3. The molecule has 0 aliphatic heterocycles. The van der Waals surface area contributed by atoms with Crippen molar-refractivity contribution in [2.45, 2.75) is 31.2 Å². The highest BCUT2D eigenvalue weighted by Crippen LogP contribution is 2.42. The van der Waals surface area contributed by atoms with Crippen LogP contribution in [0.25, 0.3) is 60.4 Å². The first-order valence-electron chi connectivity index (χ1n) is 15.1. The highest BCUT2D eigenvalue weighted by atomic mass is 19.4. The fourth-order valence-corrected chi connectivity index (χ4v) is 7.06. The lowest BCUT2D eigenvalue weighted by molar-refractivity contribution is -0.164. The Labute approximate surface area is 259 Å². The molecule has 0 saturated carbocycles. The Kier molecular flexibility index (Phi) is 6.36. The Balaban J connectivity index is 1.25. The van der Waals surface area contributed by atoms with Crippen LogP contribution in [0.2, 0.25) is 0 Å². The summed E-state index contributed by atoms with van der Waals surface area (Å²) < 4.78 is 84.0. The van der Waals surface area contributed by atoms with E-state index in [0.29, 0.717) is 12.1 Å². The van der Waals surface area contributed by atoms with Gasteiger partial charge < -0.3 is 9.13 Å². The van der Waals surface area contributed by atoms with E-state index in [4.69, 9.17) is 0 Å². The van der Waals surface area contributed by atoms with Crippen LogP contribution < -0.4 is 0 Å². The zero-order chi connectivity index (χ0) is 31.8. The number of allylic oxidation sites excluding steroid dienone is 2. The van der Waals surface area contributed by atoms with Crippen molar-refractivity contribution in [2.24, 2.45) is 5.92 Å². The van der Waals surface area contributed by atoms with Crippen LogP contribution in [0.4, 0.5) is 26.3 Å². The number of aromatic nitrogens is 2. The molecule has 0 fully saturated rings. The number of alkyl halides is 6. The molecule has 2 atom stereocenters. The molecule has 2 unspecified atom stereocenters. The minimum Gasteiger partial charge on any atom is -0.333 e. The monoisotopic (exact) mass is 624 g/mol. The van der Waals surface area contributed by atoms with Gasteiger partial charge in [-0.1, -0.05) is 60.7 Å². The lowest BCUT2D eigenvalue weighted by atomic mass is 9.92. The Bertz CT molecular complexity index is 2300. The molecule has 7 aromatic rings. The Morgan fingerprint density at radius 3 is 1.67 bits per heavy atom. The first-order chi connectivity index (χ1) is 22.1. The lowest BCUT2D eigenvalue weighted by Crippen LogP contribution is -2.25. The van der Waals surface area contributed by atoms with Gasteiger partial charge in [-0.2, -0.15) is 26.3 Å². The van der Waals surface area contributed by atoms with Gasteiger partial charge in [0.15, 0.2) is 0 Å². The average Bonchev–Trinajstić information content (AvgIpc) is 3.56. The van der Waals surface area contributed by atoms with Crippen molar-refractivity contribution < 1.29 is 26.3 Å². The third kappa shape index (κ3) is 4.58. The largest absolute Gasteiger partial charge is 0.416 e. The van der Waals surface area contributed by atoms with Crippen LogP contribution in [0.15, 0.2) is 121 Å². The molecule has 2 heterocycles. The maximum Gasteiger partial charge on any atom is 0.416 e. The molecule has 0 bridgehead atoms. The molecule has 1 aliphatic rings. The molecule has 8 heteroatoms. The number of para-hydroxylation sites is 2. The molecule has 46 heavy (non-hydrogen) atoms. The van der Waals surface area contributed by atoms with Gasteiger partial charge in [-0.15, -0.1) is 0 Å². The van der Waals surface area contributed by atoms with Gasteiger partial charge in [0.1, 0.15) is 0 Å². The van der Waals surface area contributed by atoms with Gasteiger partial charge in [-0.3, -0.25) is 0 Å². The van der Waals surface area contributed by atoms with Crippen molar-refractivity contribution in [1.29, 1.82) is 0 Å². The summed E-state index contributed by atoms with van der Waals surface area (Å²) in [5, 5.41) is 4.01. The van der Waals surface area contributed by atoms with Crippen LogP contribution in [0.5, 0.6) is 0 Å². The van der Waals surface area contributed by atoms with Crippen LogP contribution in [0, 0.1) is 5.92 Å². The molecule has 0 amide bonds. The van der Waals surface area contributed by atoms with E-state index >= 15 is 0 Å². The normalized spacial score (nSPS) is 17.5. The number of benzene rings is 5. The first-order valence-corrected chi connectivity index (χ1v) is 15.1. The molecule has 1 aliphatic carbocycles. The molecule has 5 aromatic carbocycles. The molecular formula is C38H26F6N2. The van der Waals surface area contributed by atoms with Crippen molar-refractivity contribution in [1.82, 2.24) is 9.13 Å². The molecule has 8 rings (SSSR count). The van der Waals surface area contributed by atoms with Crippen LogP contribution in [0.3, 0.4) is 0 Å².